The summed E-state index contributed by atoms with van der Waals surface area (Å²) in [7, 11) is 0. The van der Waals surface area contributed by atoms with Gasteiger partial charge in [0.05, 0.1) is 0 Å². The molecule has 0 aliphatic heterocycles. The zero-order valence-corrected chi connectivity index (χ0v) is 8.90. The van der Waals surface area contributed by atoms with Crippen LogP contribution in [0, 0.1) is 5.92 Å². The Hall–Kier alpha value is -1.29. The van der Waals surface area contributed by atoms with Gasteiger partial charge in [-0.1, -0.05) is 6.92 Å². The lowest BCUT2D eigenvalue weighted by Crippen LogP contribution is -2.41. The first kappa shape index (κ1) is 11.8. The van der Waals surface area contributed by atoms with Crippen LogP contribution in [0.25, 0.3) is 0 Å². The molecule has 84 valence electrons. The molecule has 0 aromatic heterocycles. The van der Waals surface area contributed by atoms with Gasteiger partial charge in [0.15, 0.2) is 0 Å². The van der Waals surface area contributed by atoms with E-state index >= 15 is 0 Å². The van der Waals surface area contributed by atoms with Crippen molar-refractivity contribution < 1.29 is 20.1 Å². The molecule has 4 nitrogen and oxygen atoms in total. The van der Waals surface area contributed by atoms with Gasteiger partial charge in [-0.15, -0.1) is 0 Å². The minimum Gasteiger partial charge on any atom is -0.511 e. The van der Waals surface area contributed by atoms with Crippen molar-refractivity contribution in [2.75, 3.05) is 0 Å². The number of Topliss-reactive ketones (excluding diaryl/α,β-unsaturated/α-hetero) is 1. The maximum atomic E-state index is 11.7. The monoisotopic (exact) mass is 212 g/mol. The molecule has 0 heterocycles. The highest BCUT2D eigenvalue weighted by Crippen LogP contribution is 2.32. The Bertz CT molecular complexity index is 325. The second-order valence-electron chi connectivity index (χ2n) is 4.01. The standard InChI is InChI=1S/C11H16O4/c1-3-4-8(13)10-9(14)5-7(12)6-11(10,2)15/h5-6,10,12,14-15H,3-4H2,1-2H3. The smallest absolute Gasteiger partial charge is 0.146 e. The molecule has 2 atom stereocenters. The summed E-state index contributed by atoms with van der Waals surface area (Å²) in [6, 6.07) is 0. The van der Waals surface area contributed by atoms with Crippen LogP contribution in [0.5, 0.6) is 0 Å². The Morgan fingerprint density at radius 2 is 2.13 bits per heavy atom. The van der Waals surface area contributed by atoms with Gasteiger partial charge in [-0.2, -0.15) is 0 Å². The fraction of sp³-hybridized carbons (Fsp3) is 0.545. The minimum atomic E-state index is -1.52. The Morgan fingerprint density at radius 1 is 1.53 bits per heavy atom. The molecule has 4 heteroatoms. The molecule has 0 amide bonds. The summed E-state index contributed by atoms with van der Waals surface area (Å²) in [4.78, 5) is 11.7. The van der Waals surface area contributed by atoms with Crippen molar-refractivity contribution in [2.24, 2.45) is 5.92 Å². The summed E-state index contributed by atoms with van der Waals surface area (Å²) >= 11 is 0. The van der Waals surface area contributed by atoms with Crippen LogP contribution in [0.1, 0.15) is 26.7 Å². The number of hydrogen-bond donors (Lipinski definition) is 3. The zero-order chi connectivity index (χ0) is 11.6. The number of aliphatic hydroxyl groups is 3. The molecular formula is C11H16O4. The molecule has 0 saturated heterocycles. The van der Waals surface area contributed by atoms with Crippen molar-refractivity contribution in [2.45, 2.75) is 32.3 Å². The fourth-order valence-electron chi connectivity index (χ4n) is 1.84. The zero-order valence-electron chi connectivity index (χ0n) is 8.90. The molecule has 0 bridgehead atoms. The Balaban J connectivity index is 2.99. The van der Waals surface area contributed by atoms with Gasteiger partial charge in [0.2, 0.25) is 0 Å². The highest BCUT2D eigenvalue weighted by atomic mass is 16.3. The summed E-state index contributed by atoms with van der Waals surface area (Å²) in [5.41, 5.74) is -1.52. The predicted octanol–water partition coefficient (Wildman–Crippen LogP) is 1.62. The van der Waals surface area contributed by atoms with Crippen LogP contribution >= 0.6 is 0 Å². The molecule has 1 aliphatic carbocycles. The van der Waals surface area contributed by atoms with Crippen molar-refractivity contribution in [1.82, 2.24) is 0 Å². The van der Waals surface area contributed by atoms with Gasteiger partial charge in [-0.25, -0.2) is 0 Å². The van der Waals surface area contributed by atoms with E-state index in [9.17, 15) is 20.1 Å². The molecular weight excluding hydrogens is 196 g/mol. The topological polar surface area (TPSA) is 77.8 Å². The third-order valence-electron chi connectivity index (χ3n) is 2.43. The van der Waals surface area contributed by atoms with E-state index in [4.69, 9.17) is 0 Å². The second-order valence-corrected chi connectivity index (χ2v) is 4.01. The molecule has 0 saturated carbocycles. The first-order chi connectivity index (χ1) is 6.88. The van der Waals surface area contributed by atoms with Crippen LogP contribution in [0.2, 0.25) is 0 Å². The van der Waals surface area contributed by atoms with Crippen molar-refractivity contribution in [3.8, 4) is 0 Å². The molecule has 1 aliphatic rings. The van der Waals surface area contributed by atoms with E-state index in [1.807, 2.05) is 6.92 Å². The van der Waals surface area contributed by atoms with E-state index in [1.165, 1.54) is 13.0 Å². The number of carbonyl (C=O) groups excluding carboxylic acids is 1. The van der Waals surface area contributed by atoms with Gasteiger partial charge in [-0.05, 0) is 19.4 Å². The maximum Gasteiger partial charge on any atom is 0.146 e. The maximum absolute atomic E-state index is 11.7. The highest BCUT2D eigenvalue weighted by molar-refractivity contribution is 5.85. The van der Waals surface area contributed by atoms with E-state index in [-0.39, 0.29) is 17.3 Å². The van der Waals surface area contributed by atoms with E-state index in [2.05, 4.69) is 0 Å². The summed E-state index contributed by atoms with van der Waals surface area (Å²) in [6.07, 6.45) is 3.23. The highest BCUT2D eigenvalue weighted by Gasteiger charge is 2.40. The SMILES string of the molecule is CCCC(=O)C1C(O)=CC(O)=CC1(C)O. The summed E-state index contributed by atoms with van der Waals surface area (Å²) < 4.78 is 0. The van der Waals surface area contributed by atoms with Crippen LogP contribution < -0.4 is 0 Å². The molecule has 1 rings (SSSR count). The molecule has 0 radical (unpaired) electrons. The first-order valence-electron chi connectivity index (χ1n) is 4.96. The number of allylic oxidation sites excluding steroid dienone is 1. The molecule has 0 aromatic rings. The van der Waals surface area contributed by atoms with Crippen molar-refractivity contribution >= 4 is 5.78 Å². The van der Waals surface area contributed by atoms with Crippen LogP contribution in [0.4, 0.5) is 0 Å². The Kier molecular flexibility index (Phi) is 3.19. The molecule has 0 fully saturated rings. The van der Waals surface area contributed by atoms with E-state index in [0.717, 1.165) is 6.08 Å². The fourth-order valence-corrected chi connectivity index (χ4v) is 1.84. The minimum absolute atomic E-state index is 0.222. The third kappa shape index (κ3) is 2.39. The number of ketones is 1. The third-order valence-corrected chi connectivity index (χ3v) is 2.43. The second kappa shape index (κ2) is 4.06. The van der Waals surface area contributed by atoms with Crippen LogP contribution in [0.15, 0.2) is 23.7 Å². The molecule has 15 heavy (non-hydrogen) atoms. The predicted molar refractivity (Wildman–Crippen MR) is 55.5 cm³/mol. The summed E-state index contributed by atoms with van der Waals surface area (Å²) in [6.45, 7) is 3.24. The van der Waals surface area contributed by atoms with Gasteiger partial charge in [0.25, 0.3) is 0 Å². The lowest BCUT2D eigenvalue weighted by atomic mass is 9.79. The summed E-state index contributed by atoms with van der Waals surface area (Å²) in [5.74, 6) is -1.69. The first-order valence-corrected chi connectivity index (χ1v) is 4.96. The Labute approximate surface area is 88.5 Å². The Morgan fingerprint density at radius 3 is 2.60 bits per heavy atom. The van der Waals surface area contributed by atoms with Gasteiger partial charge in [0, 0.05) is 12.5 Å². The number of carbonyl (C=O) groups is 1. The average molecular weight is 212 g/mol. The van der Waals surface area contributed by atoms with Gasteiger partial charge in [-0.3, -0.25) is 4.79 Å². The normalized spacial score (nSPS) is 30.7. The van der Waals surface area contributed by atoms with Gasteiger partial charge < -0.3 is 15.3 Å². The quantitative estimate of drug-likeness (QED) is 0.664. The summed E-state index contributed by atoms with van der Waals surface area (Å²) in [5, 5.41) is 28.7. The van der Waals surface area contributed by atoms with Gasteiger partial charge in [0.1, 0.15) is 28.8 Å². The van der Waals surface area contributed by atoms with Crippen molar-refractivity contribution in [3.05, 3.63) is 23.7 Å². The molecule has 3 N–H and O–H groups in total. The lowest BCUT2D eigenvalue weighted by molar-refractivity contribution is -0.128. The van der Waals surface area contributed by atoms with Crippen molar-refractivity contribution in [3.63, 3.8) is 0 Å². The molecule has 0 spiro atoms. The molecule has 0 aromatic carbocycles. The number of rotatable bonds is 3. The van der Waals surface area contributed by atoms with Crippen LogP contribution in [-0.2, 0) is 4.79 Å². The van der Waals surface area contributed by atoms with Crippen LogP contribution in [-0.4, -0.2) is 26.7 Å². The van der Waals surface area contributed by atoms with E-state index in [0.29, 0.717) is 12.8 Å². The largest absolute Gasteiger partial charge is 0.511 e. The number of hydrogen-bond acceptors (Lipinski definition) is 4. The average Bonchev–Trinajstić information content (AvgIpc) is 1.99. The van der Waals surface area contributed by atoms with E-state index in [1.54, 1.807) is 0 Å². The van der Waals surface area contributed by atoms with E-state index < -0.39 is 11.5 Å². The van der Waals surface area contributed by atoms with Gasteiger partial charge >= 0.3 is 0 Å². The number of aliphatic hydroxyl groups excluding tert-OH is 2. The lowest BCUT2D eigenvalue weighted by Gasteiger charge is -2.31. The van der Waals surface area contributed by atoms with Crippen LogP contribution in [0.3, 0.4) is 0 Å². The van der Waals surface area contributed by atoms with Crippen molar-refractivity contribution in [1.29, 1.82) is 0 Å². The molecule has 2 unspecified atom stereocenters.